The number of nitrogens with one attached hydrogen (secondary N) is 2. The Morgan fingerprint density at radius 2 is 1.68 bits per heavy atom. The van der Waals surface area contributed by atoms with Crippen molar-refractivity contribution in [1.82, 2.24) is 25.3 Å². The Bertz CT molecular complexity index is 1240. The minimum Gasteiger partial charge on any atom is -0.465 e. The van der Waals surface area contributed by atoms with E-state index in [1.807, 2.05) is 47.2 Å². The second kappa shape index (κ2) is 24.0. The highest BCUT2D eigenvalue weighted by Crippen LogP contribution is 2.32. The zero-order valence-electron chi connectivity index (χ0n) is 34.6. The van der Waals surface area contributed by atoms with Crippen LogP contribution in [0.5, 0.6) is 0 Å². The number of carbonyl (C=O) groups excluding carboxylic acids is 4. The normalized spacial score (nSPS) is 18.1. The summed E-state index contributed by atoms with van der Waals surface area (Å²) >= 11 is 1.58. The Morgan fingerprint density at radius 1 is 1.00 bits per heavy atom. The highest BCUT2D eigenvalue weighted by molar-refractivity contribution is 8.00. The first-order chi connectivity index (χ1) is 25.1. The summed E-state index contributed by atoms with van der Waals surface area (Å²) in [5.74, 6) is 0.666. The van der Waals surface area contributed by atoms with Crippen LogP contribution in [0.2, 0.25) is 0 Å². The first kappa shape index (κ1) is 46.5. The number of carbonyl (C=O) groups is 4. The molecule has 1 aliphatic heterocycles. The molecule has 7 atom stereocenters. The molecule has 1 heterocycles. The van der Waals surface area contributed by atoms with Crippen LogP contribution in [0.4, 0.5) is 0 Å². The third-order valence-electron chi connectivity index (χ3n) is 10.7. The van der Waals surface area contributed by atoms with Gasteiger partial charge in [-0.1, -0.05) is 78.3 Å². The van der Waals surface area contributed by atoms with E-state index in [-0.39, 0.29) is 84.4 Å². The zero-order chi connectivity index (χ0) is 39.7. The van der Waals surface area contributed by atoms with Crippen molar-refractivity contribution in [3.8, 4) is 0 Å². The number of thioether (sulfide) groups is 1. The molecule has 302 valence electrons. The van der Waals surface area contributed by atoms with Crippen molar-refractivity contribution in [2.24, 2.45) is 17.8 Å². The highest BCUT2D eigenvalue weighted by Gasteiger charge is 2.41. The summed E-state index contributed by atoms with van der Waals surface area (Å²) in [5, 5.41) is 6.49. The molecule has 0 saturated carbocycles. The predicted molar refractivity (Wildman–Crippen MR) is 216 cm³/mol. The fourth-order valence-corrected chi connectivity index (χ4v) is 8.79. The van der Waals surface area contributed by atoms with Gasteiger partial charge in [-0.2, -0.15) is 11.8 Å². The molecular weight excluding hydrogens is 691 g/mol. The van der Waals surface area contributed by atoms with Gasteiger partial charge in [0.25, 0.3) is 0 Å². The van der Waals surface area contributed by atoms with Crippen LogP contribution in [-0.4, -0.2) is 134 Å². The number of hydrogen-bond acceptors (Lipinski definition) is 9. The first-order valence-electron chi connectivity index (χ1n) is 19.7. The molecule has 12 heteroatoms. The average molecular weight is 762 g/mol. The van der Waals surface area contributed by atoms with Gasteiger partial charge in [-0.25, -0.2) is 0 Å². The topological polar surface area (TPSA) is 121 Å². The molecule has 0 bridgehead atoms. The van der Waals surface area contributed by atoms with Crippen LogP contribution in [0.1, 0.15) is 86.1 Å². The van der Waals surface area contributed by atoms with E-state index in [2.05, 4.69) is 71.2 Å². The summed E-state index contributed by atoms with van der Waals surface area (Å²) in [6.07, 6.45) is 3.04. The molecule has 0 aliphatic carbocycles. The van der Waals surface area contributed by atoms with Crippen LogP contribution in [-0.2, 0) is 35.1 Å². The number of methoxy groups -OCH3 is 1. The summed E-state index contributed by atoms with van der Waals surface area (Å²) in [4.78, 5) is 59.2. The van der Waals surface area contributed by atoms with E-state index in [1.165, 1.54) is 6.92 Å². The number of nitrogens with zero attached hydrogens (tertiary/aromatic N) is 3. The van der Waals surface area contributed by atoms with Crippen LogP contribution in [0.15, 0.2) is 30.3 Å². The summed E-state index contributed by atoms with van der Waals surface area (Å²) in [6.45, 7) is 16.2. The maximum Gasteiger partial charge on any atom is 0.302 e. The van der Waals surface area contributed by atoms with Crippen molar-refractivity contribution in [1.29, 1.82) is 0 Å². The van der Waals surface area contributed by atoms with E-state index in [0.29, 0.717) is 31.3 Å². The fourth-order valence-electron chi connectivity index (χ4n) is 7.53. The molecule has 1 fully saturated rings. The van der Waals surface area contributed by atoms with Crippen molar-refractivity contribution in [3.05, 3.63) is 35.9 Å². The van der Waals surface area contributed by atoms with Crippen LogP contribution < -0.4 is 10.6 Å². The second-order valence-electron chi connectivity index (χ2n) is 15.5. The third kappa shape index (κ3) is 15.2. The second-order valence-corrected chi connectivity index (χ2v) is 16.9. The van der Waals surface area contributed by atoms with Crippen LogP contribution in [0.25, 0.3) is 0 Å². The molecule has 0 spiro atoms. The summed E-state index contributed by atoms with van der Waals surface area (Å²) in [5.41, 5.74) is 1.16. The van der Waals surface area contributed by atoms with E-state index in [1.54, 1.807) is 18.9 Å². The quantitative estimate of drug-likeness (QED) is 0.112. The third-order valence-corrected chi connectivity index (χ3v) is 12.0. The van der Waals surface area contributed by atoms with Crippen molar-refractivity contribution >= 4 is 35.5 Å². The molecule has 3 amide bonds. The Morgan fingerprint density at radius 3 is 2.25 bits per heavy atom. The lowest BCUT2D eigenvalue weighted by Gasteiger charge is -2.41. The van der Waals surface area contributed by atoms with Gasteiger partial charge in [-0.3, -0.25) is 19.2 Å². The number of amides is 3. The smallest absolute Gasteiger partial charge is 0.302 e. The highest BCUT2D eigenvalue weighted by atomic mass is 32.2. The first-order valence-corrected chi connectivity index (χ1v) is 20.7. The average Bonchev–Trinajstić information content (AvgIpc) is 3.60. The van der Waals surface area contributed by atoms with Gasteiger partial charge in [0.05, 0.1) is 24.6 Å². The van der Waals surface area contributed by atoms with Crippen molar-refractivity contribution in [3.63, 3.8) is 0 Å². The summed E-state index contributed by atoms with van der Waals surface area (Å²) in [6, 6.07) is 9.47. The molecule has 0 radical (unpaired) electrons. The fraction of sp³-hybridized carbons (Fsp3) is 0.756. The van der Waals surface area contributed by atoms with E-state index in [0.717, 1.165) is 31.2 Å². The van der Waals surface area contributed by atoms with Crippen molar-refractivity contribution < 1.29 is 28.7 Å². The number of likely N-dealkylation sites (tertiary alicyclic amines) is 1. The van der Waals surface area contributed by atoms with Gasteiger partial charge in [0.15, 0.2) is 0 Å². The summed E-state index contributed by atoms with van der Waals surface area (Å²) in [7, 11) is 7.62. The number of hydrogen-bond donors (Lipinski definition) is 2. The molecule has 1 aliphatic rings. The maximum atomic E-state index is 14.3. The predicted octanol–water partition coefficient (Wildman–Crippen LogP) is 4.87. The van der Waals surface area contributed by atoms with Crippen LogP contribution in [0, 0.1) is 17.8 Å². The van der Waals surface area contributed by atoms with Gasteiger partial charge in [-0.15, -0.1) is 0 Å². The lowest BCUT2D eigenvalue weighted by Crippen LogP contribution is -2.58. The van der Waals surface area contributed by atoms with E-state index < -0.39 is 6.10 Å². The Kier molecular flexibility index (Phi) is 21.0. The molecule has 2 N–H and O–H groups in total. The molecule has 2 rings (SSSR count). The number of rotatable bonds is 24. The number of benzene rings is 1. The lowest BCUT2D eigenvalue weighted by atomic mass is 9.89. The maximum absolute atomic E-state index is 14.3. The van der Waals surface area contributed by atoms with Crippen LogP contribution in [0.3, 0.4) is 0 Å². The van der Waals surface area contributed by atoms with E-state index in [9.17, 15) is 19.2 Å². The molecule has 0 aromatic heterocycles. The monoisotopic (exact) mass is 762 g/mol. The van der Waals surface area contributed by atoms with Gasteiger partial charge in [-0.05, 0) is 56.7 Å². The van der Waals surface area contributed by atoms with Gasteiger partial charge in [0.1, 0.15) is 6.61 Å². The number of esters is 1. The van der Waals surface area contributed by atoms with Crippen molar-refractivity contribution in [2.75, 3.05) is 60.2 Å². The minimum absolute atomic E-state index is 0.00244. The molecule has 1 aromatic rings. The van der Waals surface area contributed by atoms with Gasteiger partial charge in [0.2, 0.25) is 17.7 Å². The van der Waals surface area contributed by atoms with Gasteiger partial charge < -0.3 is 34.8 Å². The van der Waals surface area contributed by atoms with E-state index >= 15 is 0 Å². The molecule has 53 heavy (non-hydrogen) atoms. The Labute approximate surface area is 325 Å². The minimum atomic E-state index is -0.512. The molecule has 1 aromatic carbocycles. The van der Waals surface area contributed by atoms with Gasteiger partial charge in [0, 0.05) is 70.2 Å². The summed E-state index contributed by atoms with van der Waals surface area (Å²) < 4.78 is 11.3. The molecule has 7 unspecified atom stereocenters. The van der Waals surface area contributed by atoms with Crippen LogP contribution >= 0.6 is 11.8 Å². The number of ether oxygens (including phenoxy) is 2. The largest absolute Gasteiger partial charge is 0.465 e. The lowest BCUT2D eigenvalue weighted by molar-refractivity contribution is -0.144. The SMILES string of the molecule is CCC(C)C(C(CC(=O)N1CCCC1C(CC(=O)NCCc1ccccc1)SCCOC(C)=O)OC)N(C)C(=O)C(NCC(C(C)C)N(C)C)C(C)C. The Hall–Kier alpha value is -2.67. The van der Waals surface area contributed by atoms with Crippen molar-refractivity contribution in [2.45, 2.75) is 123 Å². The Balaban J connectivity index is 2.23. The zero-order valence-corrected chi connectivity index (χ0v) is 35.4. The number of likely N-dealkylation sites (N-methyl/N-ethyl adjacent to an activating group) is 2. The molecular formula is C41H71N5O6S. The van der Waals surface area contributed by atoms with Gasteiger partial charge >= 0.3 is 5.97 Å². The molecule has 1 saturated heterocycles. The van der Waals surface area contributed by atoms with E-state index in [4.69, 9.17) is 9.47 Å². The molecule has 11 nitrogen and oxygen atoms in total. The standard InChI is InChI=1S/C41H71N5O6S/c1-12-30(6)40(45(10)41(50)39(29(4)5)43-27-34(28(2)3)44(8)9)35(51-11)25-38(49)46-22-16-19-33(46)36(53-24-23-52-31(7)47)26-37(48)42-21-20-32-17-14-13-15-18-32/h13-15,17-18,28-30,33-36,39-40,43H,12,16,19-27H2,1-11H3,(H,42,48).